The number of para-hydroxylation sites is 1. The van der Waals surface area contributed by atoms with Crippen molar-refractivity contribution in [1.29, 1.82) is 0 Å². The molecule has 6 rings (SSSR count). The summed E-state index contributed by atoms with van der Waals surface area (Å²) in [7, 11) is -6.52. The zero-order valence-electron chi connectivity index (χ0n) is 20.3. The van der Waals surface area contributed by atoms with Crippen molar-refractivity contribution >= 4 is 47.2 Å². The van der Waals surface area contributed by atoms with Gasteiger partial charge in [-0.05, 0) is 43.7 Å². The van der Waals surface area contributed by atoms with Crippen LogP contribution in [0.25, 0.3) is 21.8 Å². The van der Waals surface area contributed by atoms with Crippen LogP contribution in [0.5, 0.6) is 5.75 Å². The van der Waals surface area contributed by atoms with Crippen LogP contribution < -0.4 is 14.2 Å². The van der Waals surface area contributed by atoms with Crippen LogP contribution in [-0.4, -0.2) is 24.0 Å². The van der Waals surface area contributed by atoms with Gasteiger partial charge in [-0.3, -0.25) is 4.99 Å². The van der Waals surface area contributed by atoms with E-state index in [2.05, 4.69) is 71.7 Å². The topological polar surface area (TPSA) is 41.6 Å². The molecular weight excluding hydrogens is 517 g/mol. The molecule has 1 spiro atoms. The summed E-state index contributed by atoms with van der Waals surface area (Å²) in [6.45, 7) is 4.47. The molecule has 0 fully saturated rings. The number of halogens is 6. The van der Waals surface area contributed by atoms with E-state index in [1.807, 2.05) is 37.8 Å². The Hall–Kier alpha value is -3.46. The number of ether oxygens (including phenoxy) is 1. The first-order valence-corrected chi connectivity index (χ1v) is 13.3. The second-order valence-electron chi connectivity index (χ2n) is 9.67. The number of anilines is 1. The van der Waals surface area contributed by atoms with E-state index in [1.54, 1.807) is 0 Å². The molecule has 5 nitrogen and oxygen atoms in total. The molecule has 0 bridgehead atoms. The van der Waals surface area contributed by atoms with Crippen molar-refractivity contribution in [3.05, 3.63) is 66.5 Å². The maximum atomic E-state index is 9.87. The number of rotatable bonds is 0. The van der Waals surface area contributed by atoms with E-state index >= 15 is 0 Å². The van der Waals surface area contributed by atoms with Crippen molar-refractivity contribution in [2.45, 2.75) is 25.0 Å². The summed E-state index contributed by atoms with van der Waals surface area (Å²) in [5.41, 5.74) is 4.29. The van der Waals surface area contributed by atoms with Gasteiger partial charge in [-0.25, -0.2) is 4.98 Å². The van der Waals surface area contributed by atoms with Gasteiger partial charge in [0.15, 0.2) is 11.9 Å². The molecule has 4 heterocycles. The zero-order chi connectivity index (χ0) is 27.1. The number of pyridine rings is 2. The molecule has 0 saturated carbocycles. The number of nitrogens with zero attached hydrogens (tertiary/aromatic N) is 4. The van der Waals surface area contributed by atoms with Crippen LogP contribution in [0.4, 0.5) is 36.6 Å². The number of hydrogen-bond acceptors (Lipinski definition) is 4. The van der Waals surface area contributed by atoms with Crippen molar-refractivity contribution in [3.63, 3.8) is 0 Å². The Morgan fingerprint density at radius 3 is 2.24 bits per heavy atom. The second kappa shape index (κ2) is 7.10. The SMILES string of the molecule is CN1c2ccccc2C(C)(C)C12C=Nc1c(c3ccc[n+](C)c3c3ncccc13)O2.F[P-](F)(F)(F)(F)F. The minimum absolute atomic E-state index is 0.285. The summed E-state index contributed by atoms with van der Waals surface area (Å²) in [6.07, 6.45) is 5.86. The predicted molar refractivity (Wildman–Crippen MR) is 133 cm³/mol. The zero-order valence-corrected chi connectivity index (χ0v) is 21.2. The number of benzene rings is 2. The fourth-order valence-electron chi connectivity index (χ4n) is 5.22. The van der Waals surface area contributed by atoms with Crippen molar-refractivity contribution in [2.24, 2.45) is 12.0 Å². The third kappa shape index (κ3) is 4.25. The van der Waals surface area contributed by atoms with Gasteiger partial charge >= 0.3 is 33.0 Å². The second-order valence-corrected chi connectivity index (χ2v) is 11.6. The van der Waals surface area contributed by atoms with Gasteiger partial charge < -0.3 is 9.64 Å². The van der Waals surface area contributed by atoms with E-state index in [-0.39, 0.29) is 5.41 Å². The molecule has 12 heteroatoms. The number of fused-ring (bicyclic) bond motifs is 7. The van der Waals surface area contributed by atoms with Crippen molar-refractivity contribution < 1.29 is 34.5 Å². The summed E-state index contributed by atoms with van der Waals surface area (Å²) >= 11 is 0. The standard InChI is InChI=1S/C25H23N4O.F6P/c1-24(2)18-11-5-6-12-19(18)29(4)25(24)15-27-21-16-9-7-13-26-20(16)22-17(23(21)30-25)10-8-14-28(22)3;1-7(2,3,4,5)6/h5-15H,1-4H3;/q+1;-1. The van der Waals surface area contributed by atoms with Crippen LogP contribution in [0.1, 0.15) is 19.4 Å². The predicted octanol–water partition coefficient (Wildman–Crippen LogP) is 7.81. The van der Waals surface area contributed by atoms with Gasteiger partial charge in [-0.1, -0.05) is 18.2 Å². The molecule has 196 valence electrons. The molecule has 2 aliphatic rings. The minimum atomic E-state index is -10.7. The number of hydrogen-bond donors (Lipinski definition) is 0. The van der Waals surface area contributed by atoms with Gasteiger partial charge in [0, 0.05) is 30.4 Å². The Bertz CT molecular complexity index is 1610. The molecular formula is C25H23F6N4OP. The van der Waals surface area contributed by atoms with Crippen LogP contribution in [0.3, 0.4) is 0 Å². The van der Waals surface area contributed by atoms with Gasteiger partial charge in [0.1, 0.15) is 18.3 Å². The van der Waals surface area contributed by atoms with E-state index in [1.165, 1.54) is 11.3 Å². The third-order valence-corrected chi connectivity index (χ3v) is 6.89. The first-order chi connectivity index (χ1) is 16.9. The van der Waals surface area contributed by atoms with E-state index in [0.717, 1.165) is 33.2 Å². The van der Waals surface area contributed by atoms with E-state index in [0.29, 0.717) is 0 Å². The molecule has 2 aromatic carbocycles. The van der Waals surface area contributed by atoms with Gasteiger partial charge in [0.25, 0.3) is 0 Å². The quantitative estimate of drug-likeness (QED) is 0.0989. The van der Waals surface area contributed by atoms with Gasteiger partial charge in [0.05, 0.1) is 17.0 Å². The van der Waals surface area contributed by atoms with E-state index in [4.69, 9.17) is 9.73 Å². The molecule has 0 saturated heterocycles. The number of likely N-dealkylation sites (N-methyl/N-ethyl adjacent to an activating group) is 1. The Kier molecular flexibility index (Phi) is 4.83. The number of aryl methyl sites for hydroxylation is 1. The first-order valence-electron chi connectivity index (χ1n) is 11.2. The normalized spacial score (nSPS) is 21.5. The Morgan fingerprint density at radius 1 is 0.919 bits per heavy atom. The number of aliphatic imine (C=N–C) groups is 1. The fraction of sp³-hybridized carbons (Fsp3) is 0.240. The molecule has 1 unspecified atom stereocenters. The van der Waals surface area contributed by atoms with Crippen molar-refractivity contribution in [2.75, 3.05) is 11.9 Å². The van der Waals surface area contributed by atoms with Crippen LogP contribution in [0.2, 0.25) is 0 Å². The molecule has 1 atom stereocenters. The summed E-state index contributed by atoms with van der Waals surface area (Å²) < 4.78 is 68.3. The number of aromatic nitrogens is 2. The van der Waals surface area contributed by atoms with Crippen molar-refractivity contribution in [1.82, 2.24) is 4.98 Å². The van der Waals surface area contributed by atoms with Gasteiger partial charge in [-0.15, -0.1) is 0 Å². The average Bonchev–Trinajstić information content (AvgIpc) is 2.96. The van der Waals surface area contributed by atoms with E-state index in [9.17, 15) is 25.2 Å². The molecule has 0 amide bonds. The van der Waals surface area contributed by atoms with Gasteiger partial charge in [0.2, 0.25) is 11.2 Å². The Labute approximate surface area is 208 Å². The third-order valence-electron chi connectivity index (χ3n) is 6.89. The van der Waals surface area contributed by atoms with Crippen LogP contribution in [0, 0.1) is 0 Å². The molecule has 2 aromatic heterocycles. The van der Waals surface area contributed by atoms with Crippen LogP contribution in [-0.2, 0) is 12.5 Å². The molecule has 0 N–H and O–H groups in total. The molecule has 0 radical (unpaired) electrons. The van der Waals surface area contributed by atoms with Gasteiger partial charge in [-0.2, -0.15) is 4.57 Å². The molecule has 4 aromatic rings. The summed E-state index contributed by atoms with van der Waals surface area (Å²) in [6, 6.07) is 16.7. The Balaban J connectivity index is 0.000000355. The van der Waals surface area contributed by atoms with Crippen molar-refractivity contribution in [3.8, 4) is 5.75 Å². The summed E-state index contributed by atoms with van der Waals surface area (Å²) in [5.74, 6) is 0.817. The molecule has 0 aliphatic carbocycles. The molecule has 2 aliphatic heterocycles. The molecule has 37 heavy (non-hydrogen) atoms. The monoisotopic (exact) mass is 540 g/mol. The Morgan fingerprint density at radius 2 is 1.57 bits per heavy atom. The van der Waals surface area contributed by atoms with Crippen LogP contribution in [0.15, 0.2) is 65.9 Å². The summed E-state index contributed by atoms with van der Waals surface area (Å²) in [5, 5.41) is 2.03. The summed E-state index contributed by atoms with van der Waals surface area (Å²) in [4.78, 5) is 11.9. The maximum absolute atomic E-state index is 10.7. The first kappa shape index (κ1) is 25.2. The fourth-order valence-corrected chi connectivity index (χ4v) is 5.22. The average molecular weight is 540 g/mol. The van der Waals surface area contributed by atoms with Crippen LogP contribution >= 0.6 is 7.81 Å². The van der Waals surface area contributed by atoms with E-state index < -0.39 is 13.5 Å².